The van der Waals surface area contributed by atoms with Gasteiger partial charge in [0.05, 0.1) is 5.52 Å². The minimum Gasteiger partial charge on any atom is -0.408 e. The molecule has 20 heavy (non-hydrogen) atoms. The molecule has 3 rings (SSSR count). The lowest BCUT2D eigenvalue weighted by Crippen LogP contribution is -2.48. The van der Waals surface area contributed by atoms with Crippen LogP contribution in [0.1, 0.15) is 20.3 Å². The number of anilines is 1. The average molecular weight is 275 g/mol. The fraction of sp³-hybridized carbons (Fsp3) is 0.533. The van der Waals surface area contributed by atoms with Crippen LogP contribution in [0.4, 0.5) is 5.69 Å². The molecule has 108 valence electrons. The number of benzene rings is 1. The molecule has 0 aliphatic carbocycles. The first-order valence-electron chi connectivity index (χ1n) is 7.12. The molecule has 0 amide bonds. The highest BCUT2D eigenvalue weighted by molar-refractivity contribution is 5.76. The summed E-state index contributed by atoms with van der Waals surface area (Å²) in [5.74, 6) is 0.189. The van der Waals surface area contributed by atoms with Gasteiger partial charge in [-0.15, -0.1) is 0 Å². The molecule has 2 heterocycles. The molecule has 3 unspecified atom stereocenters. The molecule has 1 aromatic heterocycles. The van der Waals surface area contributed by atoms with Crippen molar-refractivity contribution >= 4 is 16.8 Å². The number of fused-ring (bicyclic) bond motifs is 1. The van der Waals surface area contributed by atoms with Crippen LogP contribution in [0, 0.1) is 5.92 Å². The fourth-order valence-electron chi connectivity index (χ4n) is 3.00. The SMILES string of the molecule is CC1CN(C)C(C)CC1Nc1ccc2oc(=O)[nH]c2c1. The molecule has 5 heteroatoms. The van der Waals surface area contributed by atoms with Gasteiger partial charge >= 0.3 is 5.76 Å². The predicted octanol–water partition coefficient (Wildman–Crippen LogP) is 2.26. The highest BCUT2D eigenvalue weighted by Crippen LogP contribution is 2.25. The minimum atomic E-state index is -0.404. The number of aromatic nitrogens is 1. The van der Waals surface area contributed by atoms with Gasteiger partial charge in [0.1, 0.15) is 0 Å². The molecule has 5 nitrogen and oxygen atoms in total. The lowest BCUT2D eigenvalue weighted by atomic mass is 9.89. The number of oxazole rings is 1. The van der Waals surface area contributed by atoms with Crippen molar-refractivity contribution in [3.8, 4) is 0 Å². The van der Waals surface area contributed by atoms with E-state index in [1.807, 2.05) is 18.2 Å². The predicted molar refractivity (Wildman–Crippen MR) is 80.1 cm³/mol. The van der Waals surface area contributed by atoms with Crippen LogP contribution in [0.5, 0.6) is 0 Å². The summed E-state index contributed by atoms with van der Waals surface area (Å²) in [5.41, 5.74) is 2.38. The molecule has 1 aliphatic rings. The number of hydrogen-bond donors (Lipinski definition) is 2. The van der Waals surface area contributed by atoms with E-state index in [9.17, 15) is 4.79 Å². The molecule has 1 aromatic carbocycles. The molecule has 1 aliphatic heterocycles. The van der Waals surface area contributed by atoms with Gasteiger partial charge in [0, 0.05) is 24.3 Å². The van der Waals surface area contributed by atoms with Gasteiger partial charge in [0.2, 0.25) is 0 Å². The summed E-state index contributed by atoms with van der Waals surface area (Å²) in [6.45, 7) is 5.64. The lowest BCUT2D eigenvalue weighted by Gasteiger charge is -2.40. The Kier molecular flexibility index (Phi) is 3.30. The first kappa shape index (κ1) is 13.2. The normalized spacial score (nSPS) is 27.9. The maximum absolute atomic E-state index is 11.2. The summed E-state index contributed by atoms with van der Waals surface area (Å²) in [6.07, 6.45) is 1.12. The van der Waals surface area contributed by atoms with Crippen molar-refractivity contribution in [1.29, 1.82) is 0 Å². The van der Waals surface area contributed by atoms with E-state index in [-0.39, 0.29) is 0 Å². The Labute approximate surface area is 118 Å². The lowest BCUT2D eigenvalue weighted by molar-refractivity contribution is 0.145. The largest absolute Gasteiger partial charge is 0.417 e. The first-order valence-corrected chi connectivity index (χ1v) is 7.12. The second-order valence-corrected chi connectivity index (χ2v) is 5.98. The molecule has 0 radical (unpaired) electrons. The van der Waals surface area contributed by atoms with Gasteiger partial charge in [-0.25, -0.2) is 4.79 Å². The van der Waals surface area contributed by atoms with Gasteiger partial charge in [-0.2, -0.15) is 0 Å². The third-order valence-electron chi connectivity index (χ3n) is 4.38. The van der Waals surface area contributed by atoms with Gasteiger partial charge in [-0.3, -0.25) is 4.98 Å². The molecule has 1 fully saturated rings. The van der Waals surface area contributed by atoms with Crippen LogP contribution in [-0.2, 0) is 0 Å². The Morgan fingerprint density at radius 3 is 3.00 bits per heavy atom. The Bertz CT molecular complexity index is 660. The van der Waals surface area contributed by atoms with Crippen molar-refractivity contribution in [2.24, 2.45) is 5.92 Å². The molecule has 3 atom stereocenters. The van der Waals surface area contributed by atoms with Gasteiger partial charge in [0.15, 0.2) is 5.58 Å². The first-order chi connectivity index (χ1) is 9.52. The number of nitrogens with one attached hydrogen (secondary N) is 2. The van der Waals surface area contributed by atoms with E-state index >= 15 is 0 Å². The maximum Gasteiger partial charge on any atom is 0.417 e. The second kappa shape index (κ2) is 4.98. The minimum absolute atomic E-state index is 0.404. The van der Waals surface area contributed by atoms with Crippen molar-refractivity contribution in [2.75, 3.05) is 18.9 Å². The Morgan fingerprint density at radius 2 is 2.20 bits per heavy atom. The van der Waals surface area contributed by atoms with Crippen LogP contribution >= 0.6 is 0 Å². The van der Waals surface area contributed by atoms with E-state index in [4.69, 9.17) is 4.42 Å². The summed E-state index contributed by atoms with van der Waals surface area (Å²) in [4.78, 5) is 16.3. The summed E-state index contributed by atoms with van der Waals surface area (Å²) < 4.78 is 5.02. The smallest absolute Gasteiger partial charge is 0.408 e. The van der Waals surface area contributed by atoms with Crippen LogP contribution in [-0.4, -0.2) is 35.6 Å². The summed E-state index contributed by atoms with van der Waals surface area (Å²) in [6, 6.07) is 6.78. The summed E-state index contributed by atoms with van der Waals surface area (Å²) in [7, 11) is 2.18. The van der Waals surface area contributed by atoms with E-state index in [1.54, 1.807) is 0 Å². The molecule has 1 saturated heterocycles. The third kappa shape index (κ3) is 2.45. The van der Waals surface area contributed by atoms with E-state index in [0.29, 0.717) is 23.6 Å². The van der Waals surface area contributed by atoms with Gasteiger partial charge in [-0.05, 0) is 44.5 Å². The Balaban J connectivity index is 1.80. The number of H-pyrrole nitrogens is 1. The number of aromatic amines is 1. The summed E-state index contributed by atoms with van der Waals surface area (Å²) in [5, 5.41) is 3.59. The Morgan fingerprint density at radius 1 is 1.40 bits per heavy atom. The molecule has 2 N–H and O–H groups in total. The highest BCUT2D eigenvalue weighted by atomic mass is 16.4. The second-order valence-electron chi connectivity index (χ2n) is 5.98. The van der Waals surface area contributed by atoms with Crippen LogP contribution in [0.2, 0.25) is 0 Å². The zero-order valence-electron chi connectivity index (χ0n) is 12.1. The maximum atomic E-state index is 11.2. The van der Waals surface area contributed by atoms with Crippen molar-refractivity contribution in [1.82, 2.24) is 9.88 Å². The number of rotatable bonds is 2. The van der Waals surface area contributed by atoms with Gasteiger partial charge in [-0.1, -0.05) is 6.92 Å². The molecule has 2 aromatic rings. The van der Waals surface area contributed by atoms with Crippen molar-refractivity contribution in [3.63, 3.8) is 0 Å². The molecular formula is C15H21N3O2. The quantitative estimate of drug-likeness (QED) is 0.882. The van der Waals surface area contributed by atoms with Crippen molar-refractivity contribution in [2.45, 2.75) is 32.4 Å². The zero-order valence-corrected chi connectivity index (χ0v) is 12.1. The van der Waals surface area contributed by atoms with Crippen LogP contribution in [0.25, 0.3) is 11.1 Å². The standard InChI is InChI=1S/C15H21N3O2/c1-9-8-18(3)10(2)6-12(9)16-11-4-5-14-13(7-11)17-15(19)20-14/h4-5,7,9-10,12,16H,6,8H2,1-3H3,(H,17,19). The van der Waals surface area contributed by atoms with Crippen LogP contribution in [0.3, 0.4) is 0 Å². The fourth-order valence-corrected chi connectivity index (χ4v) is 3.00. The average Bonchev–Trinajstić information content (AvgIpc) is 2.75. The zero-order chi connectivity index (χ0) is 14.3. The van der Waals surface area contributed by atoms with E-state index < -0.39 is 5.76 Å². The number of piperidine rings is 1. The molecular weight excluding hydrogens is 254 g/mol. The molecule has 0 saturated carbocycles. The van der Waals surface area contributed by atoms with Gasteiger partial charge in [0.25, 0.3) is 0 Å². The third-order valence-corrected chi connectivity index (χ3v) is 4.38. The number of hydrogen-bond acceptors (Lipinski definition) is 4. The topological polar surface area (TPSA) is 61.3 Å². The highest BCUT2D eigenvalue weighted by Gasteiger charge is 2.28. The van der Waals surface area contributed by atoms with Crippen LogP contribution < -0.4 is 11.1 Å². The van der Waals surface area contributed by atoms with Crippen molar-refractivity contribution in [3.05, 3.63) is 28.7 Å². The molecule has 0 bridgehead atoms. The Hall–Kier alpha value is -1.75. The van der Waals surface area contributed by atoms with E-state index in [0.717, 1.165) is 24.2 Å². The number of nitrogens with zero attached hydrogens (tertiary/aromatic N) is 1. The monoisotopic (exact) mass is 275 g/mol. The summed E-state index contributed by atoms with van der Waals surface area (Å²) >= 11 is 0. The van der Waals surface area contributed by atoms with Gasteiger partial charge < -0.3 is 14.6 Å². The van der Waals surface area contributed by atoms with Crippen molar-refractivity contribution < 1.29 is 4.42 Å². The van der Waals surface area contributed by atoms with Crippen LogP contribution in [0.15, 0.2) is 27.4 Å². The molecule has 0 spiro atoms. The number of likely N-dealkylation sites (tertiary alicyclic amines) is 1. The van der Waals surface area contributed by atoms with E-state index in [2.05, 4.69) is 36.1 Å². The van der Waals surface area contributed by atoms with E-state index in [1.165, 1.54) is 0 Å².